The third kappa shape index (κ3) is 4.59. The Morgan fingerprint density at radius 3 is 2.22 bits per heavy atom. The van der Waals surface area contributed by atoms with Crippen molar-refractivity contribution >= 4 is 41.8 Å². The van der Waals surface area contributed by atoms with Crippen LogP contribution in [-0.4, -0.2) is 42.2 Å². The molecule has 2 aliphatic rings. The van der Waals surface area contributed by atoms with Crippen molar-refractivity contribution in [3.05, 3.63) is 10.6 Å². The van der Waals surface area contributed by atoms with Crippen molar-refractivity contribution in [1.29, 1.82) is 0 Å². The quantitative estimate of drug-likeness (QED) is 0.266. The molecule has 1 saturated heterocycles. The number of nitrogens with zero attached hydrogens (tertiary/aromatic N) is 1. The van der Waals surface area contributed by atoms with E-state index in [-0.39, 0.29) is 28.3 Å². The molecule has 0 radical (unpaired) electrons. The van der Waals surface area contributed by atoms with Gasteiger partial charge in [0.1, 0.15) is 16.7 Å². The number of ether oxygens (including phenoxy) is 1. The lowest BCUT2D eigenvalue weighted by atomic mass is 9.92. The molecule has 1 amide bonds. The summed E-state index contributed by atoms with van der Waals surface area (Å²) in [6.45, 7) is 20.3. The van der Waals surface area contributed by atoms with Crippen LogP contribution in [0.15, 0.2) is 10.6 Å². The summed E-state index contributed by atoms with van der Waals surface area (Å²) in [5.74, 6) is -0.705. The average Bonchev–Trinajstić information content (AvgIpc) is 2.43. The first-order chi connectivity index (χ1) is 12.1. The Labute approximate surface area is 172 Å². The Balaban J connectivity index is 2.18. The Morgan fingerprint density at radius 2 is 1.74 bits per heavy atom. The first-order valence-corrected chi connectivity index (χ1v) is 14.5. The number of fused-ring (bicyclic) bond motifs is 1. The molecule has 3 atom stereocenters. The zero-order chi connectivity index (χ0) is 20.9. The topological polar surface area (TPSA) is 55.8 Å². The van der Waals surface area contributed by atoms with Gasteiger partial charge in [-0.3, -0.25) is 9.69 Å². The molecule has 8 heteroatoms. The normalized spacial score (nSPS) is 25.1. The van der Waals surface area contributed by atoms with Crippen LogP contribution in [0.25, 0.3) is 0 Å². The van der Waals surface area contributed by atoms with Gasteiger partial charge in [-0.25, -0.2) is 4.79 Å². The van der Waals surface area contributed by atoms with Gasteiger partial charge in [0.15, 0.2) is 8.32 Å². The van der Waals surface area contributed by atoms with Crippen molar-refractivity contribution < 1.29 is 18.8 Å². The first-order valence-electron chi connectivity index (χ1n) is 9.35. The molecular weight excluding hydrogens is 398 g/mol. The highest BCUT2D eigenvalue weighted by molar-refractivity contribution is 8.78. The number of rotatable bonds is 4. The van der Waals surface area contributed by atoms with E-state index in [1.165, 1.54) is 0 Å². The molecule has 0 N–H and O–H groups in total. The minimum Gasteiger partial charge on any atom is -0.455 e. The number of β-lactam (4-membered cyclic amide) rings is 1. The van der Waals surface area contributed by atoms with Gasteiger partial charge in [-0.1, -0.05) is 42.4 Å². The highest BCUT2D eigenvalue weighted by Gasteiger charge is 2.57. The molecule has 0 saturated carbocycles. The summed E-state index contributed by atoms with van der Waals surface area (Å²) in [5, 5.41) is -0.00567. The molecule has 0 bridgehead atoms. The molecule has 1 fully saturated rings. The molecule has 0 aliphatic carbocycles. The predicted octanol–water partition coefficient (Wildman–Crippen LogP) is 5.15. The number of allylic oxidation sites excluding steroid dienone is 1. The third-order valence-electron chi connectivity index (χ3n) is 5.32. The van der Waals surface area contributed by atoms with Crippen LogP contribution in [0.3, 0.4) is 0 Å². The van der Waals surface area contributed by atoms with E-state index in [0.29, 0.717) is 5.70 Å². The zero-order valence-corrected chi connectivity index (χ0v) is 20.8. The van der Waals surface area contributed by atoms with Crippen molar-refractivity contribution in [1.82, 2.24) is 4.90 Å². The van der Waals surface area contributed by atoms with E-state index < -0.39 is 19.9 Å². The molecule has 2 rings (SSSR count). The van der Waals surface area contributed by atoms with E-state index in [4.69, 9.17) is 9.16 Å². The molecule has 0 aromatic heterocycles. The monoisotopic (exact) mass is 431 g/mol. The van der Waals surface area contributed by atoms with Gasteiger partial charge in [-0.2, -0.15) is 0 Å². The maximum absolute atomic E-state index is 13.0. The lowest BCUT2D eigenvalue weighted by Gasteiger charge is -2.52. The molecular formula is C19H33NO4S2Si. The largest absolute Gasteiger partial charge is 0.455 e. The Bertz CT molecular complexity index is 664. The van der Waals surface area contributed by atoms with Gasteiger partial charge in [-0.05, 0) is 52.8 Å². The Kier molecular flexibility index (Phi) is 6.28. The summed E-state index contributed by atoms with van der Waals surface area (Å²) >= 11 is 0. The number of carbonyl (C=O) groups is 2. The van der Waals surface area contributed by atoms with Crippen molar-refractivity contribution in [3.63, 3.8) is 0 Å². The summed E-state index contributed by atoms with van der Waals surface area (Å²) in [6.07, 6.45) is -0.175. The summed E-state index contributed by atoms with van der Waals surface area (Å²) in [7, 11) is 1.20. The van der Waals surface area contributed by atoms with Crippen LogP contribution >= 0.6 is 21.6 Å². The summed E-state index contributed by atoms with van der Waals surface area (Å²) in [4.78, 5) is 28.1. The smallest absolute Gasteiger partial charge is 0.356 e. The van der Waals surface area contributed by atoms with E-state index in [9.17, 15) is 9.59 Å². The van der Waals surface area contributed by atoms with Crippen molar-refractivity contribution in [2.24, 2.45) is 5.92 Å². The van der Waals surface area contributed by atoms with Crippen LogP contribution in [0.4, 0.5) is 0 Å². The van der Waals surface area contributed by atoms with Gasteiger partial charge in [0, 0.05) is 4.91 Å². The fourth-order valence-corrected chi connectivity index (χ4v) is 7.14. The number of esters is 1. The van der Waals surface area contributed by atoms with E-state index >= 15 is 0 Å². The van der Waals surface area contributed by atoms with Gasteiger partial charge in [0.2, 0.25) is 5.91 Å². The van der Waals surface area contributed by atoms with Crippen LogP contribution < -0.4 is 0 Å². The fourth-order valence-electron chi connectivity index (χ4n) is 2.87. The highest BCUT2D eigenvalue weighted by atomic mass is 33.1. The van der Waals surface area contributed by atoms with Crippen LogP contribution in [0.2, 0.25) is 18.1 Å². The van der Waals surface area contributed by atoms with E-state index in [0.717, 1.165) is 4.91 Å². The molecule has 5 nitrogen and oxygen atoms in total. The Morgan fingerprint density at radius 1 is 1.19 bits per heavy atom. The van der Waals surface area contributed by atoms with Gasteiger partial charge in [0.05, 0.1) is 12.0 Å². The molecule has 27 heavy (non-hydrogen) atoms. The van der Waals surface area contributed by atoms with Crippen molar-refractivity contribution in [3.8, 4) is 0 Å². The standard InChI is InChI=1S/C19H33NO4S2Si/c1-11(24-27(9,10)19(6,7)8)13-15(21)20-14(12(2)25-26-16(13)20)17(22)23-18(3,4)5/h11,13,16H,1-10H3/t11-,13+,16-/m1/s1. The van der Waals surface area contributed by atoms with Gasteiger partial charge >= 0.3 is 5.97 Å². The highest BCUT2D eigenvalue weighted by Crippen LogP contribution is 2.54. The average molecular weight is 432 g/mol. The second kappa shape index (κ2) is 7.43. The van der Waals surface area contributed by atoms with Gasteiger partial charge in [-0.15, -0.1) is 0 Å². The molecule has 2 heterocycles. The molecule has 0 aromatic rings. The molecule has 154 valence electrons. The van der Waals surface area contributed by atoms with Gasteiger partial charge in [0.25, 0.3) is 0 Å². The summed E-state index contributed by atoms with van der Waals surface area (Å²) in [6, 6.07) is 0. The maximum Gasteiger partial charge on any atom is 0.356 e. The first kappa shape index (κ1) is 22.8. The molecule has 2 aliphatic heterocycles. The van der Waals surface area contributed by atoms with Crippen molar-refractivity contribution in [2.75, 3.05) is 0 Å². The molecule has 0 unspecified atom stereocenters. The number of carbonyl (C=O) groups excluding carboxylic acids is 2. The van der Waals surface area contributed by atoms with Crippen LogP contribution in [-0.2, 0) is 18.8 Å². The van der Waals surface area contributed by atoms with Gasteiger partial charge < -0.3 is 9.16 Å². The van der Waals surface area contributed by atoms with E-state index in [2.05, 4.69) is 33.9 Å². The lowest BCUT2D eigenvalue weighted by molar-refractivity contribution is -0.163. The van der Waals surface area contributed by atoms with E-state index in [1.54, 1.807) is 26.5 Å². The number of amides is 1. The second-order valence-electron chi connectivity index (χ2n) is 9.79. The Hall–Kier alpha value is -0.443. The van der Waals surface area contributed by atoms with Crippen LogP contribution in [0.1, 0.15) is 55.4 Å². The van der Waals surface area contributed by atoms with Crippen LogP contribution in [0.5, 0.6) is 0 Å². The SMILES string of the molecule is CC1=C(C(=O)OC(C)(C)C)N2C(=O)[C@H]([C@@H](C)O[Si](C)(C)C(C)(C)C)[C@H]2SS1. The van der Waals surface area contributed by atoms with Crippen molar-refractivity contribution in [2.45, 2.75) is 90.6 Å². The lowest BCUT2D eigenvalue weighted by Crippen LogP contribution is -2.65. The predicted molar refractivity (Wildman–Crippen MR) is 116 cm³/mol. The number of hydrogen-bond donors (Lipinski definition) is 0. The fraction of sp³-hybridized carbons (Fsp3) is 0.789. The second-order valence-corrected chi connectivity index (χ2v) is 17.1. The van der Waals surface area contributed by atoms with E-state index in [1.807, 2.05) is 34.6 Å². The summed E-state index contributed by atoms with van der Waals surface area (Å²) in [5.41, 5.74) is -0.208. The van der Waals surface area contributed by atoms with Crippen LogP contribution in [0, 0.1) is 5.92 Å². The third-order valence-corrected chi connectivity index (χ3v) is 12.8. The minimum atomic E-state index is -1.97. The zero-order valence-electron chi connectivity index (χ0n) is 18.1. The maximum atomic E-state index is 13.0. The molecule has 0 aromatic carbocycles. The summed E-state index contributed by atoms with van der Waals surface area (Å²) < 4.78 is 12.0. The number of hydrogen-bond acceptors (Lipinski definition) is 6. The minimum absolute atomic E-state index is 0.0424. The molecule has 0 spiro atoms.